The first-order valence-electron chi connectivity index (χ1n) is 7.23. The molecular formula is C16H21ClN2O2. The van der Waals surface area contributed by atoms with E-state index in [0.717, 1.165) is 16.5 Å². The number of rotatable bonds is 5. The molecule has 1 aromatic heterocycles. The fourth-order valence-electron chi connectivity index (χ4n) is 2.77. The van der Waals surface area contributed by atoms with Gasteiger partial charge in [-0.2, -0.15) is 0 Å². The standard InChI is InChI=1S/C16H21ClN2O2/c1-4-18(8-9-20)16(21)15-11(3)13-10-12(17)6-7-14(13)19(15)5-2/h6-7,10,20H,4-5,8-9H2,1-3H3. The maximum atomic E-state index is 12.8. The SMILES string of the molecule is CCN(CCO)C(=O)c1c(C)c2cc(Cl)ccc2n1CC. The first-order chi connectivity index (χ1) is 10.0. The summed E-state index contributed by atoms with van der Waals surface area (Å²) in [6.07, 6.45) is 0. The second-order valence-corrected chi connectivity index (χ2v) is 5.42. The van der Waals surface area contributed by atoms with Gasteiger partial charge < -0.3 is 14.6 Å². The lowest BCUT2D eigenvalue weighted by molar-refractivity contribution is 0.0721. The second-order valence-electron chi connectivity index (χ2n) is 4.99. The number of hydrogen-bond donors (Lipinski definition) is 1. The van der Waals surface area contributed by atoms with Crippen molar-refractivity contribution in [1.82, 2.24) is 9.47 Å². The highest BCUT2D eigenvalue weighted by Crippen LogP contribution is 2.29. The molecule has 5 heteroatoms. The summed E-state index contributed by atoms with van der Waals surface area (Å²) in [7, 11) is 0. The predicted octanol–water partition coefficient (Wildman–Crippen LogP) is 3.08. The average Bonchev–Trinajstić information content (AvgIpc) is 2.76. The molecule has 2 aromatic rings. The monoisotopic (exact) mass is 308 g/mol. The highest BCUT2D eigenvalue weighted by molar-refractivity contribution is 6.31. The fraction of sp³-hybridized carbons (Fsp3) is 0.438. The smallest absolute Gasteiger partial charge is 0.270 e. The molecule has 0 saturated heterocycles. The second kappa shape index (κ2) is 6.50. The average molecular weight is 309 g/mol. The van der Waals surface area contributed by atoms with Crippen LogP contribution in [-0.2, 0) is 6.54 Å². The summed E-state index contributed by atoms with van der Waals surface area (Å²) in [5.41, 5.74) is 2.64. The van der Waals surface area contributed by atoms with Gasteiger partial charge in [-0.15, -0.1) is 0 Å². The Hall–Kier alpha value is -1.52. The van der Waals surface area contributed by atoms with Crippen LogP contribution in [0, 0.1) is 6.92 Å². The fourth-order valence-corrected chi connectivity index (χ4v) is 2.94. The van der Waals surface area contributed by atoms with Gasteiger partial charge in [0.15, 0.2) is 0 Å². The van der Waals surface area contributed by atoms with Crippen molar-refractivity contribution in [3.8, 4) is 0 Å². The Labute approximate surface area is 129 Å². The van der Waals surface area contributed by atoms with Crippen molar-refractivity contribution in [2.75, 3.05) is 19.7 Å². The van der Waals surface area contributed by atoms with E-state index >= 15 is 0 Å². The first-order valence-corrected chi connectivity index (χ1v) is 7.61. The number of benzene rings is 1. The van der Waals surface area contributed by atoms with Crippen LogP contribution in [0.1, 0.15) is 29.9 Å². The van der Waals surface area contributed by atoms with Crippen LogP contribution < -0.4 is 0 Å². The molecule has 0 saturated carbocycles. The molecule has 114 valence electrons. The minimum atomic E-state index is -0.0433. The summed E-state index contributed by atoms with van der Waals surface area (Å²) < 4.78 is 2.02. The number of amides is 1. The van der Waals surface area contributed by atoms with E-state index in [1.165, 1.54) is 0 Å². The number of nitrogens with zero attached hydrogens (tertiary/aromatic N) is 2. The van der Waals surface area contributed by atoms with Crippen molar-refractivity contribution in [3.05, 3.63) is 34.5 Å². The zero-order valence-electron chi connectivity index (χ0n) is 12.7. The summed E-state index contributed by atoms with van der Waals surface area (Å²) in [4.78, 5) is 14.4. The van der Waals surface area contributed by atoms with Crippen LogP contribution in [0.25, 0.3) is 10.9 Å². The number of likely N-dealkylation sites (N-methyl/N-ethyl adjacent to an activating group) is 1. The summed E-state index contributed by atoms with van der Waals surface area (Å²) in [5, 5.41) is 10.8. The maximum Gasteiger partial charge on any atom is 0.270 e. The molecule has 0 aliphatic rings. The van der Waals surface area contributed by atoms with Gasteiger partial charge in [-0.05, 0) is 44.5 Å². The van der Waals surface area contributed by atoms with Crippen molar-refractivity contribution in [2.45, 2.75) is 27.3 Å². The van der Waals surface area contributed by atoms with Gasteiger partial charge in [-0.25, -0.2) is 0 Å². The maximum absolute atomic E-state index is 12.8. The lowest BCUT2D eigenvalue weighted by Gasteiger charge is -2.21. The highest BCUT2D eigenvalue weighted by atomic mass is 35.5. The predicted molar refractivity (Wildman–Crippen MR) is 86.0 cm³/mol. The van der Waals surface area contributed by atoms with E-state index in [1.807, 2.05) is 43.5 Å². The van der Waals surface area contributed by atoms with Gasteiger partial charge in [0.2, 0.25) is 0 Å². The summed E-state index contributed by atoms with van der Waals surface area (Å²) >= 11 is 6.08. The molecule has 0 radical (unpaired) electrons. The molecule has 0 bridgehead atoms. The molecule has 0 fully saturated rings. The molecule has 0 atom stereocenters. The van der Waals surface area contributed by atoms with Gasteiger partial charge >= 0.3 is 0 Å². The Bertz CT molecular complexity index is 664. The number of carbonyl (C=O) groups excluding carboxylic acids is 1. The molecule has 0 unspecified atom stereocenters. The largest absolute Gasteiger partial charge is 0.395 e. The van der Waals surface area contributed by atoms with Crippen LogP contribution in [0.5, 0.6) is 0 Å². The number of hydrogen-bond acceptors (Lipinski definition) is 2. The molecule has 0 spiro atoms. The van der Waals surface area contributed by atoms with Gasteiger partial charge in [-0.1, -0.05) is 11.6 Å². The minimum Gasteiger partial charge on any atom is -0.395 e. The zero-order chi connectivity index (χ0) is 15.6. The van der Waals surface area contributed by atoms with Crippen LogP contribution in [0.3, 0.4) is 0 Å². The number of aliphatic hydroxyl groups excluding tert-OH is 1. The topological polar surface area (TPSA) is 45.5 Å². The van der Waals surface area contributed by atoms with Gasteiger partial charge in [-0.3, -0.25) is 4.79 Å². The highest BCUT2D eigenvalue weighted by Gasteiger charge is 2.23. The van der Waals surface area contributed by atoms with Crippen LogP contribution >= 0.6 is 11.6 Å². The Balaban J connectivity index is 2.62. The van der Waals surface area contributed by atoms with Crippen molar-refractivity contribution in [2.24, 2.45) is 0 Å². The Morgan fingerprint density at radius 3 is 2.67 bits per heavy atom. The molecule has 0 aliphatic carbocycles. The van der Waals surface area contributed by atoms with Crippen molar-refractivity contribution < 1.29 is 9.90 Å². The quantitative estimate of drug-likeness (QED) is 0.922. The van der Waals surface area contributed by atoms with Gasteiger partial charge in [0.05, 0.1) is 6.61 Å². The number of carbonyl (C=O) groups is 1. The van der Waals surface area contributed by atoms with Crippen LogP contribution in [0.4, 0.5) is 0 Å². The van der Waals surface area contributed by atoms with E-state index in [-0.39, 0.29) is 12.5 Å². The Morgan fingerprint density at radius 2 is 2.10 bits per heavy atom. The third kappa shape index (κ3) is 2.78. The molecule has 2 rings (SSSR count). The van der Waals surface area contributed by atoms with E-state index < -0.39 is 0 Å². The molecule has 4 nitrogen and oxygen atoms in total. The molecule has 1 aromatic carbocycles. The summed E-state index contributed by atoms with van der Waals surface area (Å²) in [6, 6.07) is 5.69. The van der Waals surface area contributed by atoms with Gasteiger partial charge in [0.25, 0.3) is 5.91 Å². The summed E-state index contributed by atoms with van der Waals surface area (Å²) in [5.74, 6) is -0.0433. The number of halogens is 1. The van der Waals surface area contributed by atoms with E-state index in [0.29, 0.717) is 30.4 Å². The minimum absolute atomic E-state index is 0.0309. The number of aryl methyl sites for hydroxylation is 2. The van der Waals surface area contributed by atoms with Crippen LogP contribution in [-0.4, -0.2) is 40.2 Å². The molecule has 21 heavy (non-hydrogen) atoms. The number of aromatic nitrogens is 1. The zero-order valence-corrected chi connectivity index (χ0v) is 13.4. The van der Waals surface area contributed by atoms with Crippen LogP contribution in [0.2, 0.25) is 5.02 Å². The third-order valence-corrected chi connectivity index (χ3v) is 4.07. The van der Waals surface area contributed by atoms with Gasteiger partial charge in [0.1, 0.15) is 5.69 Å². The number of aliphatic hydroxyl groups is 1. The molecule has 0 aliphatic heterocycles. The summed E-state index contributed by atoms with van der Waals surface area (Å²) in [6.45, 7) is 7.49. The van der Waals surface area contributed by atoms with E-state index in [4.69, 9.17) is 16.7 Å². The molecular weight excluding hydrogens is 288 g/mol. The van der Waals surface area contributed by atoms with E-state index in [2.05, 4.69) is 0 Å². The van der Waals surface area contributed by atoms with E-state index in [1.54, 1.807) is 4.90 Å². The Kier molecular flexibility index (Phi) is 4.91. The molecule has 1 amide bonds. The van der Waals surface area contributed by atoms with Crippen molar-refractivity contribution in [3.63, 3.8) is 0 Å². The van der Waals surface area contributed by atoms with Crippen molar-refractivity contribution in [1.29, 1.82) is 0 Å². The lowest BCUT2D eigenvalue weighted by Crippen LogP contribution is -2.35. The van der Waals surface area contributed by atoms with E-state index in [9.17, 15) is 4.79 Å². The molecule has 1 N–H and O–H groups in total. The molecule has 1 heterocycles. The van der Waals surface area contributed by atoms with Crippen LogP contribution in [0.15, 0.2) is 18.2 Å². The third-order valence-electron chi connectivity index (χ3n) is 3.84. The normalized spacial score (nSPS) is 11.1. The van der Waals surface area contributed by atoms with Crippen molar-refractivity contribution >= 4 is 28.4 Å². The lowest BCUT2D eigenvalue weighted by atomic mass is 10.1. The first kappa shape index (κ1) is 15.9. The van der Waals surface area contributed by atoms with Gasteiger partial charge in [0, 0.05) is 35.6 Å². The Morgan fingerprint density at radius 1 is 1.38 bits per heavy atom. The number of fused-ring (bicyclic) bond motifs is 1.